The minimum Gasteiger partial charge on any atom is -0.423 e. The van der Waals surface area contributed by atoms with Crippen LogP contribution in [0.5, 0.6) is 11.5 Å². The van der Waals surface area contributed by atoms with E-state index < -0.39 is 11.9 Å². The zero-order valence-electron chi connectivity index (χ0n) is 17.2. The average molecular weight is 430 g/mol. The number of hydrogen-bond acceptors (Lipinski definition) is 4. The van der Waals surface area contributed by atoms with Gasteiger partial charge in [-0.2, -0.15) is 0 Å². The molecule has 3 aromatic carbocycles. The third-order valence-corrected chi connectivity index (χ3v) is 7.01. The first-order valence-corrected chi connectivity index (χ1v) is 11.1. The molecule has 0 amide bonds. The molecular weight excluding hydrogens is 408 g/mol. The van der Waals surface area contributed by atoms with Crippen molar-refractivity contribution >= 4 is 42.6 Å². The predicted octanol–water partition coefficient (Wildman–Crippen LogP) is 6.69. The smallest absolute Gasteiger partial charge is 0.335 e. The van der Waals surface area contributed by atoms with Gasteiger partial charge in [-0.05, 0) is 50.2 Å². The number of rotatable bonds is 5. The lowest BCUT2D eigenvalue weighted by atomic mass is 10.1. The van der Waals surface area contributed by atoms with Gasteiger partial charge in [-0.25, -0.2) is 9.59 Å². The Balaban J connectivity index is 1.78. The molecule has 1 heterocycles. The van der Waals surface area contributed by atoms with Crippen molar-refractivity contribution in [2.45, 2.75) is 13.8 Å². The Bertz CT molecular complexity index is 1330. The molecule has 5 heteroatoms. The summed E-state index contributed by atoms with van der Waals surface area (Å²) in [5.74, 6) is 0.243. The lowest BCUT2D eigenvalue weighted by Crippen LogP contribution is -2.03. The fourth-order valence-electron chi connectivity index (χ4n) is 3.42. The molecule has 4 nitrogen and oxygen atoms in total. The molecule has 0 aliphatic heterocycles. The van der Waals surface area contributed by atoms with Crippen molar-refractivity contribution in [1.82, 2.24) is 0 Å². The van der Waals surface area contributed by atoms with Crippen molar-refractivity contribution in [3.63, 3.8) is 0 Å². The molecule has 154 valence electrons. The molecule has 0 spiro atoms. The highest BCUT2D eigenvalue weighted by molar-refractivity contribution is 7.50. The number of carbonyl (C=O) groups excluding carboxylic acids is 2. The van der Waals surface area contributed by atoms with Crippen molar-refractivity contribution in [2.75, 3.05) is 0 Å². The van der Waals surface area contributed by atoms with Crippen LogP contribution in [0.15, 0.2) is 91.0 Å². The Kier molecular flexibility index (Phi) is 5.96. The Hall–Kier alpha value is -3.70. The number of benzene rings is 3. The van der Waals surface area contributed by atoms with Gasteiger partial charge >= 0.3 is 11.9 Å². The zero-order chi connectivity index (χ0) is 21.8. The van der Waals surface area contributed by atoms with E-state index >= 15 is 0 Å². The zero-order valence-corrected chi connectivity index (χ0v) is 18.0. The largest absolute Gasteiger partial charge is 0.423 e. The topological polar surface area (TPSA) is 52.6 Å². The third kappa shape index (κ3) is 4.27. The number of esters is 2. The molecule has 0 radical (unpaired) electrons. The molecule has 0 N–H and O–H groups in total. The van der Waals surface area contributed by atoms with E-state index in [9.17, 15) is 9.59 Å². The number of carbonyl (C=O) groups is 2. The molecular formula is C26H21O4S+. The van der Waals surface area contributed by atoms with Gasteiger partial charge in [0, 0.05) is 46.2 Å². The second-order valence-corrected chi connectivity index (χ2v) is 8.74. The Labute approximate surface area is 183 Å². The van der Waals surface area contributed by atoms with Crippen LogP contribution in [0.3, 0.4) is 0 Å². The number of hydrogen-bond donors (Lipinski definition) is 0. The second-order valence-electron chi connectivity index (χ2n) is 6.77. The first kappa shape index (κ1) is 20.6. The van der Waals surface area contributed by atoms with E-state index in [0.29, 0.717) is 11.5 Å². The molecule has 0 aliphatic carbocycles. The second kappa shape index (κ2) is 8.98. The third-order valence-electron chi connectivity index (χ3n) is 4.67. The van der Waals surface area contributed by atoms with Crippen molar-refractivity contribution in [3.05, 3.63) is 91.0 Å². The van der Waals surface area contributed by atoms with E-state index in [-0.39, 0.29) is 10.5 Å². The quantitative estimate of drug-likeness (QED) is 0.153. The minimum absolute atomic E-state index is 0.298. The van der Waals surface area contributed by atoms with Crippen LogP contribution < -0.4 is 9.47 Å². The van der Waals surface area contributed by atoms with Gasteiger partial charge in [0.25, 0.3) is 0 Å². The summed E-state index contributed by atoms with van der Waals surface area (Å²) < 4.78 is 13.1. The molecule has 0 fully saturated rings. The van der Waals surface area contributed by atoms with E-state index in [2.05, 4.69) is 12.1 Å². The summed E-state index contributed by atoms with van der Waals surface area (Å²) in [4.78, 5) is 24.6. The fourth-order valence-corrected chi connectivity index (χ4v) is 5.78. The number of fused-ring (bicyclic) bond motifs is 3. The Morgan fingerprint density at radius 2 is 1.29 bits per heavy atom. The number of ether oxygens (including phenoxy) is 2. The van der Waals surface area contributed by atoms with Gasteiger partial charge < -0.3 is 9.47 Å². The maximum absolute atomic E-state index is 11.8. The van der Waals surface area contributed by atoms with Gasteiger partial charge in [0.05, 0.1) is 5.39 Å². The van der Waals surface area contributed by atoms with Gasteiger partial charge in [0.2, 0.25) is 0 Å². The first-order valence-electron chi connectivity index (χ1n) is 9.87. The normalized spacial score (nSPS) is 12.1. The van der Waals surface area contributed by atoms with E-state index in [4.69, 9.17) is 9.47 Å². The minimum atomic E-state index is -0.394. The van der Waals surface area contributed by atoms with Crippen LogP contribution in [-0.4, -0.2) is 11.9 Å². The lowest BCUT2D eigenvalue weighted by Gasteiger charge is -2.01. The van der Waals surface area contributed by atoms with Gasteiger partial charge in [0.1, 0.15) is 11.5 Å². The summed E-state index contributed by atoms with van der Waals surface area (Å²) in [6, 6.07) is 21.7. The van der Waals surface area contributed by atoms with Crippen LogP contribution >= 0.6 is 10.5 Å². The molecule has 0 saturated heterocycles. The molecule has 0 bridgehead atoms. The molecule has 4 rings (SSSR count). The maximum Gasteiger partial charge on any atom is 0.335 e. The van der Waals surface area contributed by atoms with E-state index in [1.807, 2.05) is 54.6 Å². The van der Waals surface area contributed by atoms with Crippen molar-refractivity contribution in [3.8, 4) is 16.4 Å². The molecule has 1 atom stereocenters. The summed E-state index contributed by atoms with van der Waals surface area (Å²) in [5.41, 5.74) is 0. The molecule has 0 saturated carbocycles. The summed E-state index contributed by atoms with van der Waals surface area (Å²) in [6.45, 7) is 3.55. The highest BCUT2D eigenvalue weighted by Gasteiger charge is 2.24. The van der Waals surface area contributed by atoms with Crippen LogP contribution in [0, 0.1) is 0 Å². The highest BCUT2D eigenvalue weighted by atomic mass is 32.2. The number of allylic oxidation sites excluding steroid dienone is 2. The first-order chi connectivity index (χ1) is 15.1. The standard InChI is InChI=1S/C26H21O4S/c1-3-7-25(27)29-18-11-14-20(15-12-18)31-23-10-6-5-9-21(23)22-17-19(13-16-24(22)31)30-26(28)8-4-2/h3-17H,1-2H3/q+1/b7-3+,8-4+. The van der Waals surface area contributed by atoms with E-state index in [1.165, 1.54) is 21.6 Å². The lowest BCUT2D eigenvalue weighted by molar-refractivity contribution is -0.129. The van der Waals surface area contributed by atoms with Gasteiger partial charge in [0.15, 0.2) is 14.3 Å². The van der Waals surface area contributed by atoms with Gasteiger partial charge in [-0.1, -0.05) is 24.3 Å². The average Bonchev–Trinajstić information content (AvgIpc) is 3.08. The number of thiophene rings is 1. The SMILES string of the molecule is C/C=C/C(=O)Oc1ccc(-[s+]2c3ccccc3c3cc(OC(=O)/C=C/C)ccc32)cc1. The monoisotopic (exact) mass is 429 g/mol. The van der Waals surface area contributed by atoms with E-state index in [0.717, 1.165) is 15.7 Å². The van der Waals surface area contributed by atoms with Crippen LogP contribution in [0.4, 0.5) is 0 Å². The summed E-state index contributed by atoms with van der Waals surface area (Å²) >= 11 is 0. The van der Waals surface area contributed by atoms with Crippen LogP contribution in [-0.2, 0) is 9.59 Å². The summed E-state index contributed by atoms with van der Waals surface area (Å²) in [6.07, 6.45) is 6.09. The van der Waals surface area contributed by atoms with Crippen LogP contribution in [0.25, 0.3) is 25.1 Å². The van der Waals surface area contributed by atoms with Gasteiger partial charge in [-0.15, -0.1) is 0 Å². The van der Waals surface area contributed by atoms with Gasteiger partial charge in [-0.3, -0.25) is 0 Å². The molecule has 1 aromatic heterocycles. The summed E-state index contributed by atoms with van der Waals surface area (Å²) in [7, 11) is -0.298. The molecule has 31 heavy (non-hydrogen) atoms. The van der Waals surface area contributed by atoms with Crippen LogP contribution in [0.2, 0.25) is 0 Å². The van der Waals surface area contributed by atoms with Crippen molar-refractivity contribution < 1.29 is 19.1 Å². The van der Waals surface area contributed by atoms with Crippen molar-refractivity contribution in [1.29, 1.82) is 0 Å². The predicted molar refractivity (Wildman–Crippen MR) is 126 cm³/mol. The Morgan fingerprint density at radius 1 is 0.710 bits per heavy atom. The maximum atomic E-state index is 11.8. The Morgan fingerprint density at radius 3 is 1.97 bits per heavy atom. The summed E-state index contributed by atoms with van der Waals surface area (Å²) in [5, 5.41) is 2.20. The van der Waals surface area contributed by atoms with Crippen LogP contribution in [0.1, 0.15) is 13.8 Å². The highest BCUT2D eigenvalue weighted by Crippen LogP contribution is 2.49. The van der Waals surface area contributed by atoms with E-state index in [1.54, 1.807) is 26.0 Å². The molecule has 1 unspecified atom stereocenters. The molecule has 4 aromatic rings. The fraction of sp³-hybridized carbons (Fsp3) is 0.0769. The molecule has 0 aliphatic rings. The van der Waals surface area contributed by atoms with Crippen molar-refractivity contribution in [2.24, 2.45) is 0 Å².